The summed E-state index contributed by atoms with van der Waals surface area (Å²) in [5, 5.41) is 8.09. The second kappa shape index (κ2) is 1.29. The van der Waals surface area contributed by atoms with Crippen LogP contribution in [0.25, 0.3) is 0 Å². The molecule has 1 aliphatic carbocycles. The lowest BCUT2D eigenvalue weighted by Crippen LogP contribution is -2.08. The number of Topliss-reactive ketones (excluding diaryl/α,β-unsaturated/α-hetero) is 1. The Balaban J connectivity index is 2.57. The monoisotopic (exact) mass is 115 g/mol. The Morgan fingerprint density at radius 3 is 2.12 bits per heavy atom. The van der Waals surface area contributed by atoms with Crippen molar-refractivity contribution in [1.82, 2.24) is 0 Å². The maximum absolute atomic E-state index is 10.2. The maximum atomic E-state index is 10.2. The van der Waals surface area contributed by atoms with Gasteiger partial charge in [0.25, 0.3) is 0 Å². The summed E-state index contributed by atoms with van der Waals surface area (Å²) >= 11 is 0. The molecule has 1 rings (SSSR count). The van der Waals surface area contributed by atoms with Crippen LogP contribution in [0.3, 0.4) is 0 Å². The first-order valence-electron chi connectivity index (χ1n) is 2.16. The molecule has 1 fully saturated rings. The van der Waals surface area contributed by atoms with Gasteiger partial charge in [0.1, 0.15) is 5.92 Å². The number of nitrogens with two attached hydrogens (primary N) is 1. The first-order valence-corrected chi connectivity index (χ1v) is 2.16. The minimum Gasteiger partial charge on any atom is -0.481 e. The van der Waals surface area contributed by atoms with Gasteiger partial charge in [-0.25, -0.2) is 0 Å². The predicted octanol–water partition coefficient (Wildman–Crippen LogP) is -1.40. The Morgan fingerprint density at radius 1 is 1.75 bits per heavy atom. The van der Waals surface area contributed by atoms with E-state index in [1.807, 2.05) is 0 Å². The van der Waals surface area contributed by atoms with Gasteiger partial charge >= 0.3 is 5.97 Å². The molecule has 4 nitrogen and oxygen atoms in total. The zero-order valence-corrected chi connectivity index (χ0v) is 4.00. The highest BCUT2D eigenvalue weighted by molar-refractivity contribution is 6.16. The lowest BCUT2D eigenvalue weighted by atomic mass is 10.4. The van der Waals surface area contributed by atoms with Gasteiger partial charge in [-0.1, -0.05) is 0 Å². The minimum absolute atomic E-state index is 0.363. The van der Waals surface area contributed by atoms with E-state index in [1.54, 1.807) is 0 Å². The molecule has 0 heterocycles. The Morgan fingerprint density at radius 2 is 2.12 bits per heavy atom. The summed E-state index contributed by atoms with van der Waals surface area (Å²) < 4.78 is 0. The van der Waals surface area contributed by atoms with Crippen molar-refractivity contribution < 1.29 is 14.7 Å². The normalized spacial score (nSPS) is 34.9. The van der Waals surface area contributed by atoms with Gasteiger partial charge in [0.05, 0.1) is 6.04 Å². The first kappa shape index (κ1) is 5.24. The Kier molecular flexibility index (Phi) is 0.844. The molecule has 44 valence electrons. The summed E-state index contributed by atoms with van der Waals surface area (Å²) in [6.07, 6.45) is 0. The molecule has 0 radical (unpaired) electrons. The summed E-state index contributed by atoms with van der Waals surface area (Å²) in [6, 6.07) is -0.729. The van der Waals surface area contributed by atoms with Crippen LogP contribution in [0, 0.1) is 5.92 Å². The summed E-state index contributed by atoms with van der Waals surface area (Å²) in [4.78, 5) is 20.0. The average Bonchev–Trinajstić information content (AvgIpc) is 2.15. The van der Waals surface area contributed by atoms with E-state index in [9.17, 15) is 9.59 Å². The molecule has 1 aliphatic rings. The van der Waals surface area contributed by atoms with Gasteiger partial charge < -0.3 is 10.8 Å². The number of carbonyl (C=O) groups is 2. The lowest BCUT2D eigenvalue weighted by molar-refractivity contribution is -0.139. The van der Waals surface area contributed by atoms with Crippen LogP contribution in [0.15, 0.2) is 0 Å². The molecular formula is C4H5NO3. The van der Waals surface area contributed by atoms with Crippen molar-refractivity contribution in [1.29, 1.82) is 0 Å². The molecule has 3 N–H and O–H groups in total. The molecule has 4 heteroatoms. The molecular weight excluding hydrogens is 110 g/mol. The van der Waals surface area contributed by atoms with Crippen LogP contribution in [0.4, 0.5) is 0 Å². The smallest absolute Gasteiger partial charge is 0.316 e. The van der Waals surface area contributed by atoms with Crippen LogP contribution >= 0.6 is 0 Å². The summed E-state index contributed by atoms with van der Waals surface area (Å²) in [5.74, 6) is -2.38. The predicted molar refractivity (Wildman–Crippen MR) is 24.1 cm³/mol. The average molecular weight is 115 g/mol. The van der Waals surface area contributed by atoms with Crippen molar-refractivity contribution in [2.45, 2.75) is 6.04 Å². The van der Waals surface area contributed by atoms with Gasteiger partial charge in [0.2, 0.25) is 0 Å². The van der Waals surface area contributed by atoms with Crippen LogP contribution in [0.1, 0.15) is 0 Å². The fourth-order valence-electron chi connectivity index (χ4n) is 0.534. The Labute approximate surface area is 45.3 Å². The molecule has 0 aliphatic heterocycles. The van der Waals surface area contributed by atoms with E-state index < -0.39 is 17.9 Å². The molecule has 2 unspecified atom stereocenters. The second-order valence-electron chi connectivity index (χ2n) is 1.74. The Bertz CT molecular complexity index is 145. The van der Waals surface area contributed by atoms with Crippen LogP contribution in [-0.4, -0.2) is 22.9 Å². The second-order valence-corrected chi connectivity index (χ2v) is 1.74. The first-order chi connectivity index (χ1) is 3.64. The molecule has 1 saturated carbocycles. The zero-order chi connectivity index (χ0) is 6.31. The van der Waals surface area contributed by atoms with Crippen molar-refractivity contribution in [3.8, 4) is 0 Å². The number of carbonyl (C=O) groups excluding carboxylic acids is 1. The van der Waals surface area contributed by atoms with Gasteiger partial charge in [-0.05, 0) is 0 Å². The molecule has 0 bridgehead atoms. The van der Waals surface area contributed by atoms with Crippen molar-refractivity contribution >= 4 is 11.8 Å². The summed E-state index contributed by atoms with van der Waals surface area (Å²) in [7, 11) is 0. The summed E-state index contributed by atoms with van der Waals surface area (Å²) in [6.45, 7) is 0. The highest BCUT2D eigenvalue weighted by Gasteiger charge is 2.52. The van der Waals surface area contributed by atoms with Crippen molar-refractivity contribution in [3.05, 3.63) is 0 Å². The number of hydrogen-bond acceptors (Lipinski definition) is 3. The molecule has 0 spiro atoms. The topological polar surface area (TPSA) is 80.4 Å². The third-order valence-corrected chi connectivity index (χ3v) is 1.15. The van der Waals surface area contributed by atoms with Gasteiger partial charge in [-0.3, -0.25) is 9.59 Å². The highest BCUT2D eigenvalue weighted by Crippen LogP contribution is 2.21. The van der Waals surface area contributed by atoms with Crippen LogP contribution in [0.5, 0.6) is 0 Å². The number of rotatable bonds is 1. The molecule has 0 amide bonds. The van der Waals surface area contributed by atoms with E-state index in [1.165, 1.54) is 0 Å². The molecule has 0 aromatic heterocycles. The number of hydrogen-bond donors (Lipinski definition) is 2. The van der Waals surface area contributed by atoms with E-state index >= 15 is 0 Å². The van der Waals surface area contributed by atoms with Crippen molar-refractivity contribution in [3.63, 3.8) is 0 Å². The third kappa shape index (κ3) is 0.500. The van der Waals surface area contributed by atoms with Crippen molar-refractivity contribution in [2.24, 2.45) is 11.7 Å². The third-order valence-electron chi connectivity index (χ3n) is 1.15. The SMILES string of the molecule is NC1C(=O)C1C(=O)O. The molecule has 0 aromatic rings. The standard InChI is InChI=1S/C4H5NO3/c5-2-1(3(2)6)4(7)8/h1-2H,5H2,(H,7,8). The van der Waals surface area contributed by atoms with Crippen LogP contribution in [0.2, 0.25) is 0 Å². The van der Waals surface area contributed by atoms with E-state index in [0.29, 0.717) is 0 Å². The number of aliphatic carboxylic acids is 1. The number of carboxylic acid groups (broad SMARTS) is 1. The van der Waals surface area contributed by atoms with Gasteiger partial charge in [-0.2, -0.15) is 0 Å². The van der Waals surface area contributed by atoms with Gasteiger partial charge in [0, 0.05) is 0 Å². The molecule has 0 aromatic carbocycles. The molecule has 0 saturated heterocycles. The lowest BCUT2D eigenvalue weighted by Gasteiger charge is -1.77. The molecule has 8 heavy (non-hydrogen) atoms. The van der Waals surface area contributed by atoms with Crippen LogP contribution < -0.4 is 5.73 Å². The maximum Gasteiger partial charge on any atom is 0.316 e. The van der Waals surface area contributed by atoms with E-state index in [4.69, 9.17) is 10.8 Å². The van der Waals surface area contributed by atoms with Gasteiger partial charge in [0.15, 0.2) is 5.78 Å². The number of carboxylic acids is 1. The fourth-order valence-corrected chi connectivity index (χ4v) is 0.534. The highest BCUT2D eigenvalue weighted by atomic mass is 16.4. The van der Waals surface area contributed by atoms with E-state index in [0.717, 1.165) is 0 Å². The molecule has 2 atom stereocenters. The quantitative estimate of drug-likeness (QED) is 0.412. The van der Waals surface area contributed by atoms with Crippen LogP contribution in [-0.2, 0) is 9.59 Å². The largest absolute Gasteiger partial charge is 0.481 e. The fraction of sp³-hybridized carbons (Fsp3) is 0.500. The van der Waals surface area contributed by atoms with Crippen molar-refractivity contribution in [2.75, 3.05) is 0 Å². The summed E-state index contributed by atoms with van der Waals surface area (Å²) in [5.41, 5.74) is 4.98. The van der Waals surface area contributed by atoms with E-state index in [-0.39, 0.29) is 5.78 Å². The number of ketones is 1. The Hall–Kier alpha value is -0.900. The zero-order valence-electron chi connectivity index (χ0n) is 4.00. The minimum atomic E-state index is -1.11. The van der Waals surface area contributed by atoms with Gasteiger partial charge in [-0.15, -0.1) is 0 Å². The van der Waals surface area contributed by atoms with E-state index in [2.05, 4.69) is 0 Å².